The van der Waals surface area contributed by atoms with Crippen LogP contribution in [0.4, 0.5) is 5.69 Å². The van der Waals surface area contributed by atoms with E-state index in [1.54, 1.807) is 4.68 Å². The second kappa shape index (κ2) is 5.21. The number of rotatable bonds is 4. The van der Waals surface area contributed by atoms with Gasteiger partial charge in [-0.05, 0) is 18.8 Å². The molecule has 96 valence electrons. The van der Waals surface area contributed by atoms with Gasteiger partial charge in [0.25, 0.3) is 0 Å². The van der Waals surface area contributed by atoms with Gasteiger partial charge in [-0.3, -0.25) is 4.68 Å². The number of esters is 1. The molecule has 0 radical (unpaired) electrons. The van der Waals surface area contributed by atoms with E-state index in [2.05, 4.69) is 25.9 Å². The lowest BCUT2D eigenvalue weighted by Crippen LogP contribution is -2.17. The van der Waals surface area contributed by atoms with Gasteiger partial charge in [-0.1, -0.05) is 20.8 Å². The first-order valence-corrected chi connectivity index (χ1v) is 5.83. The van der Waals surface area contributed by atoms with E-state index in [1.807, 2.05) is 6.92 Å². The summed E-state index contributed by atoms with van der Waals surface area (Å²) in [6, 6.07) is 0. The van der Waals surface area contributed by atoms with E-state index in [1.165, 1.54) is 6.20 Å². The average Bonchev–Trinajstić information content (AvgIpc) is 2.57. The van der Waals surface area contributed by atoms with Gasteiger partial charge in [0.15, 0.2) is 5.69 Å². The summed E-state index contributed by atoms with van der Waals surface area (Å²) in [6.07, 6.45) is 2.29. The smallest absolute Gasteiger partial charge is 0.358 e. The zero-order valence-electron chi connectivity index (χ0n) is 11.0. The molecular formula is C12H21N3O2. The summed E-state index contributed by atoms with van der Waals surface area (Å²) in [5.41, 5.74) is 6.56. The van der Waals surface area contributed by atoms with Gasteiger partial charge in [-0.25, -0.2) is 4.79 Å². The van der Waals surface area contributed by atoms with Crippen molar-refractivity contribution in [3.05, 3.63) is 11.9 Å². The maximum absolute atomic E-state index is 11.8. The van der Waals surface area contributed by atoms with Crippen LogP contribution in [0.3, 0.4) is 0 Å². The van der Waals surface area contributed by atoms with E-state index in [-0.39, 0.29) is 5.41 Å². The van der Waals surface area contributed by atoms with Crippen molar-refractivity contribution < 1.29 is 9.53 Å². The number of hydrogen-bond donors (Lipinski definition) is 1. The zero-order valence-corrected chi connectivity index (χ0v) is 11.0. The van der Waals surface area contributed by atoms with Crippen molar-refractivity contribution in [3.63, 3.8) is 0 Å². The number of ether oxygens (including phenoxy) is 1. The van der Waals surface area contributed by atoms with Crippen LogP contribution in [0.1, 0.15) is 44.6 Å². The van der Waals surface area contributed by atoms with Gasteiger partial charge in [0.1, 0.15) is 0 Å². The number of aromatic nitrogens is 2. The molecule has 0 aromatic carbocycles. The summed E-state index contributed by atoms with van der Waals surface area (Å²) < 4.78 is 6.76. The summed E-state index contributed by atoms with van der Waals surface area (Å²) in [6.45, 7) is 9.21. The van der Waals surface area contributed by atoms with Gasteiger partial charge in [0, 0.05) is 6.54 Å². The Morgan fingerprint density at radius 3 is 2.71 bits per heavy atom. The molecule has 2 N–H and O–H groups in total. The molecule has 5 nitrogen and oxygen atoms in total. The third-order valence-corrected chi connectivity index (χ3v) is 2.45. The standard InChI is InChI=1S/C12H21N3O2/c1-5-15-10(9(13)8-14-15)11(16)17-7-6-12(2,3)4/h8H,5-7,13H2,1-4H3. The molecule has 0 atom stereocenters. The molecule has 0 bridgehead atoms. The van der Waals surface area contributed by atoms with Crippen molar-refractivity contribution in [2.75, 3.05) is 12.3 Å². The van der Waals surface area contributed by atoms with E-state index in [4.69, 9.17) is 10.5 Å². The predicted molar refractivity (Wildman–Crippen MR) is 66.7 cm³/mol. The van der Waals surface area contributed by atoms with Crippen molar-refractivity contribution >= 4 is 11.7 Å². The minimum absolute atomic E-state index is 0.150. The summed E-state index contributed by atoms with van der Waals surface area (Å²) >= 11 is 0. The lowest BCUT2D eigenvalue weighted by molar-refractivity contribution is 0.0452. The predicted octanol–water partition coefficient (Wildman–Crippen LogP) is 2.08. The van der Waals surface area contributed by atoms with Crippen molar-refractivity contribution in [2.24, 2.45) is 5.41 Å². The molecule has 0 unspecified atom stereocenters. The highest BCUT2D eigenvalue weighted by Crippen LogP contribution is 2.19. The van der Waals surface area contributed by atoms with E-state index in [0.29, 0.717) is 24.5 Å². The highest BCUT2D eigenvalue weighted by Gasteiger charge is 2.18. The summed E-state index contributed by atoms with van der Waals surface area (Å²) in [5, 5.41) is 4.00. The quantitative estimate of drug-likeness (QED) is 0.817. The van der Waals surface area contributed by atoms with Crippen LogP contribution in [0.5, 0.6) is 0 Å². The molecule has 5 heteroatoms. The van der Waals surface area contributed by atoms with Gasteiger partial charge in [0.2, 0.25) is 0 Å². The number of aryl methyl sites for hydroxylation is 1. The fraction of sp³-hybridized carbons (Fsp3) is 0.667. The molecular weight excluding hydrogens is 218 g/mol. The fourth-order valence-corrected chi connectivity index (χ4v) is 1.38. The molecule has 0 aliphatic heterocycles. The van der Waals surface area contributed by atoms with Crippen LogP contribution >= 0.6 is 0 Å². The first kappa shape index (κ1) is 13.5. The average molecular weight is 239 g/mol. The third kappa shape index (κ3) is 3.76. The van der Waals surface area contributed by atoms with Gasteiger partial charge in [-0.2, -0.15) is 5.10 Å². The topological polar surface area (TPSA) is 70.1 Å². The van der Waals surface area contributed by atoms with Crippen LogP contribution in [0, 0.1) is 5.41 Å². The Kier molecular flexibility index (Phi) is 4.15. The van der Waals surface area contributed by atoms with E-state index in [0.717, 1.165) is 6.42 Å². The van der Waals surface area contributed by atoms with E-state index >= 15 is 0 Å². The highest BCUT2D eigenvalue weighted by molar-refractivity contribution is 5.93. The Morgan fingerprint density at radius 1 is 1.53 bits per heavy atom. The largest absolute Gasteiger partial charge is 0.461 e. The molecule has 0 saturated carbocycles. The first-order valence-electron chi connectivity index (χ1n) is 5.83. The molecule has 1 aromatic heterocycles. The molecule has 0 fully saturated rings. The summed E-state index contributed by atoms with van der Waals surface area (Å²) in [4.78, 5) is 11.8. The van der Waals surface area contributed by atoms with Crippen molar-refractivity contribution in [1.29, 1.82) is 0 Å². The number of nitrogen functional groups attached to an aromatic ring is 1. The first-order chi connectivity index (χ1) is 7.85. The van der Waals surface area contributed by atoms with Crippen LogP contribution in [0.25, 0.3) is 0 Å². The summed E-state index contributed by atoms with van der Waals surface area (Å²) in [5.74, 6) is -0.397. The maximum atomic E-state index is 11.8. The Balaban J connectivity index is 2.61. The normalized spacial score (nSPS) is 11.5. The molecule has 0 spiro atoms. The fourth-order valence-electron chi connectivity index (χ4n) is 1.38. The molecule has 0 saturated heterocycles. The van der Waals surface area contributed by atoms with Crippen molar-refractivity contribution in [3.8, 4) is 0 Å². The summed E-state index contributed by atoms with van der Waals surface area (Å²) in [7, 11) is 0. The van der Waals surface area contributed by atoms with E-state index in [9.17, 15) is 4.79 Å². The number of hydrogen-bond acceptors (Lipinski definition) is 4. The van der Waals surface area contributed by atoms with Gasteiger partial charge >= 0.3 is 5.97 Å². The van der Waals surface area contributed by atoms with Crippen LogP contribution in [-0.2, 0) is 11.3 Å². The SMILES string of the molecule is CCn1ncc(N)c1C(=O)OCCC(C)(C)C. The van der Waals surface area contributed by atoms with E-state index < -0.39 is 5.97 Å². The van der Waals surface area contributed by atoms with Gasteiger partial charge in [0.05, 0.1) is 18.5 Å². The Bertz CT molecular complexity index is 391. The van der Waals surface area contributed by atoms with Crippen LogP contribution < -0.4 is 5.73 Å². The second-order valence-electron chi connectivity index (χ2n) is 5.21. The van der Waals surface area contributed by atoms with Crippen molar-refractivity contribution in [1.82, 2.24) is 9.78 Å². The number of nitrogens with two attached hydrogens (primary N) is 1. The maximum Gasteiger partial charge on any atom is 0.358 e. The van der Waals surface area contributed by atoms with Crippen LogP contribution in [0.2, 0.25) is 0 Å². The number of carbonyl (C=O) groups is 1. The Morgan fingerprint density at radius 2 is 2.18 bits per heavy atom. The monoisotopic (exact) mass is 239 g/mol. The molecule has 1 aromatic rings. The molecule has 0 aliphatic rings. The van der Waals surface area contributed by atoms with Gasteiger partial charge < -0.3 is 10.5 Å². The number of nitrogens with zero attached hydrogens (tertiary/aromatic N) is 2. The number of anilines is 1. The van der Waals surface area contributed by atoms with Gasteiger partial charge in [-0.15, -0.1) is 0 Å². The Labute approximate surface area is 102 Å². The molecule has 17 heavy (non-hydrogen) atoms. The minimum Gasteiger partial charge on any atom is -0.461 e. The zero-order chi connectivity index (χ0) is 13.1. The van der Waals surface area contributed by atoms with Crippen molar-refractivity contribution in [2.45, 2.75) is 40.7 Å². The molecule has 1 heterocycles. The minimum atomic E-state index is -0.397. The molecule has 1 rings (SSSR count). The molecule has 0 aliphatic carbocycles. The second-order valence-corrected chi connectivity index (χ2v) is 5.21. The lowest BCUT2D eigenvalue weighted by atomic mass is 9.93. The lowest BCUT2D eigenvalue weighted by Gasteiger charge is -2.17. The highest BCUT2D eigenvalue weighted by atomic mass is 16.5. The van der Waals surface area contributed by atoms with Crippen LogP contribution in [-0.4, -0.2) is 22.4 Å². The Hall–Kier alpha value is -1.52. The van der Waals surface area contributed by atoms with Crippen LogP contribution in [0.15, 0.2) is 6.20 Å². The number of carbonyl (C=O) groups excluding carboxylic acids is 1. The molecule has 0 amide bonds. The third-order valence-electron chi connectivity index (χ3n) is 2.45.